The normalized spacial score (nSPS) is 16.3. The lowest BCUT2D eigenvalue weighted by Crippen LogP contribution is -2.34. The van der Waals surface area contributed by atoms with Crippen LogP contribution in [0.5, 0.6) is 51.7 Å². The Hall–Kier alpha value is -5.11. The van der Waals surface area contributed by atoms with Crippen molar-refractivity contribution in [2.24, 2.45) is 0 Å². The number of esters is 1. The summed E-state index contributed by atoms with van der Waals surface area (Å²) in [6.07, 6.45) is 2.62. The molecule has 0 aliphatic carbocycles. The molecule has 2 atom stereocenters. The molecule has 11 heteroatoms. The van der Waals surface area contributed by atoms with Crippen molar-refractivity contribution in [1.82, 2.24) is 0 Å². The molecule has 1 heterocycles. The Balaban J connectivity index is 1.70. The van der Waals surface area contributed by atoms with E-state index in [4.69, 9.17) is 20.6 Å². The summed E-state index contributed by atoms with van der Waals surface area (Å²) in [4.78, 5) is 12.9. The van der Waals surface area contributed by atoms with Crippen molar-refractivity contribution in [3.8, 4) is 64.1 Å². The number of carbonyl (C=O) groups is 1. The summed E-state index contributed by atoms with van der Waals surface area (Å²) in [6, 6.07) is 6.46. The molecule has 7 N–H and O–H groups in total. The van der Waals surface area contributed by atoms with Crippen molar-refractivity contribution in [3.63, 3.8) is 0 Å². The van der Waals surface area contributed by atoms with E-state index in [1.54, 1.807) is 0 Å². The second-order valence-corrected chi connectivity index (χ2v) is 7.87. The Labute approximate surface area is 203 Å². The molecule has 3 aromatic carbocycles. The van der Waals surface area contributed by atoms with Crippen LogP contribution in [0.15, 0.2) is 36.4 Å². The molecule has 1 aliphatic heterocycles. The molecule has 0 saturated carbocycles. The molecule has 0 saturated heterocycles. The second kappa shape index (κ2) is 9.27. The van der Waals surface area contributed by atoms with Crippen LogP contribution in [0.25, 0.3) is 0 Å². The zero-order valence-electron chi connectivity index (χ0n) is 18.4. The molecule has 186 valence electrons. The van der Waals surface area contributed by atoms with Gasteiger partial charge in [0.05, 0.1) is 5.56 Å². The lowest BCUT2D eigenvalue weighted by molar-refractivity contribution is -0.0189. The smallest absolute Gasteiger partial charge is 0.338 e. The predicted molar refractivity (Wildman–Crippen MR) is 122 cm³/mol. The molecule has 2 unspecified atom stereocenters. The first-order chi connectivity index (χ1) is 17.1. The average Bonchev–Trinajstić information content (AvgIpc) is 2.81. The molecule has 0 amide bonds. The van der Waals surface area contributed by atoms with Gasteiger partial charge in [-0.2, -0.15) is 0 Å². The quantitative estimate of drug-likeness (QED) is 0.156. The van der Waals surface area contributed by atoms with Crippen molar-refractivity contribution < 1.29 is 54.8 Å². The highest BCUT2D eigenvalue weighted by Crippen LogP contribution is 2.46. The number of phenols is 7. The third-order valence-electron chi connectivity index (χ3n) is 5.43. The summed E-state index contributed by atoms with van der Waals surface area (Å²) in [5.74, 6) is -2.96. The van der Waals surface area contributed by atoms with E-state index in [9.17, 15) is 40.5 Å². The van der Waals surface area contributed by atoms with Crippen molar-refractivity contribution in [2.45, 2.75) is 18.6 Å². The van der Waals surface area contributed by atoms with Crippen molar-refractivity contribution in [1.29, 1.82) is 0 Å². The Bertz CT molecular complexity index is 1340. The number of carbonyl (C=O) groups excluding carboxylic acids is 1. The van der Waals surface area contributed by atoms with Crippen molar-refractivity contribution in [2.75, 3.05) is 6.61 Å². The maximum Gasteiger partial charge on any atom is 0.338 e. The number of terminal acetylenes is 1. The number of fused-ring (bicyclic) bond motifs is 1. The van der Waals surface area contributed by atoms with Crippen LogP contribution in [0.4, 0.5) is 0 Å². The first-order valence-corrected chi connectivity index (χ1v) is 10.4. The van der Waals surface area contributed by atoms with E-state index in [-0.39, 0.29) is 52.7 Å². The van der Waals surface area contributed by atoms with Crippen LogP contribution in [0, 0.1) is 12.3 Å². The van der Waals surface area contributed by atoms with E-state index in [1.165, 1.54) is 6.07 Å². The third-order valence-corrected chi connectivity index (χ3v) is 5.43. The van der Waals surface area contributed by atoms with Gasteiger partial charge in [0.2, 0.25) is 5.75 Å². The number of hydrogen-bond donors (Lipinski definition) is 7. The standard InChI is InChI=1S/C25H20O11/c1-2-3-34-24-18(30)6-12(7-19(24)31)25(33)36-21-10-14-15(27)8-13(26)9-20(14)35-23(21)11-4-16(28)22(32)17(29)5-11/h1,4-9,21,23,26-32H,3,10H2. The van der Waals surface area contributed by atoms with Gasteiger partial charge in [0, 0.05) is 29.7 Å². The number of ether oxygens (including phenoxy) is 3. The van der Waals surface area contributed by atoms with Crippen LogP contribution in [0.2, 0.25) is 0 Å². The zero-order valence-corrected chi connectivity index (χ0v) is 18.4. The minimum Gasteiger partial charge on any atom is -0.508 e. The third kappa shape index (κ3) is 4.47. The largest absolute Gasteiger partial charge is 0.508 e. The van der Waals surface area contributed by atoms with Gasteiger partial charge in [-0.1, -0.05) is 5.92 Å². The molecule has 0 aromatic heterocycles. The molecule has 1 aliphatic rings. The fourth-order valence-electron chi connectivity index (χ4n) is 3.81. The first kappa shape index (κ1) is 24.0. The number of hydrogen-bond acceptors (Lipinski definition) is 11. The SMILES string of the molecule is C#CCOc1c(O)cc(C(=O)OC2Cc3c(O)cc(O)cc3OC2c2cc(O)c(O)c(O)c2)cc1O. The fraction of sp³-hybridized carbons (Fsp3) is 0.160. The van der Waals surface area contributed by atoms with Crippen molar-refractivity contribution >= 4 is 5.97 Å². The Morgan fingerprint density at radius 2 is 1.56 bits per heavy atom. The molecule has 0 fully saturated rings. The highest BCUT2D eigenvalue weighted by molar-refractivity contribution is 5.91. The fourth-order valence-corrected chi connectivity index (χ4v) is 3.81. The summed E-state index contributed by atoms with van der Waals surface area (Å²) < 4.78 is 16.5. The molecular formula is C25H20O11. The molecule has 0 spiro atoms. The summed E-state index contributed by atoms with van der Waals surface area (Å²) in [7, 11) is 0. The van der Waals surface area contributed by atoms with Gasteiger partial charge in [0.25, 0.3) is 0 Å². The molecule has 4 rings (SSSR count). The highest BCUT2D eigenvalue weighted by Gasteiger charge is 2.37. The summed E-state index contributed by atoms with van der Waals surface area (Å²) >= 11 is 0. The van der Waals surface area contributed by atoms with E-state index < -0.39 is 46.9 Å². The van der Waals surface area contributed by atoms with Crippen LogP contribution >= 0.6 is 0 Å². The average molecular weight is 496 g/mol. The molecule has 0 radical (unpaired) electrons. The number of aromatic hydroxyl groups is 7. The number of benzene rings is 3. The van der Waals surface area contributed by atoms with Gasteiger partial charge in [0.15, 0.2) is 34.9 Å². The van der Waals surface area contributed by atoms with Gasteiger partial charge < -0.3 is 50.0 Å². The summed E-state index contributed by atoms with van der Waals surface area (Å²) in [5, 5.41) is 70.0. The molecule has 11 nitrogen and oxygen atoms in total. The monoisotopic (exact) mass is 496 g/mol. The Kier molecular flexibility index (Phi) is 6.18. The van der Waals surface area contributed by atoms with Gasteiger partial charge in [0.1, 0.15) is 30.0 Å². The Morgan fingerprint density at radius 3 is 2.17 bits per heavy atom. The van der Waals surface area contributed by atoms with E-state index in [2.05, 4.69) is 5.92 Å². The van der Waals surface area contributed by atoms with Gasteiger partial charge >= 0.3 is 5.97 Å². The topological polar surface area (TPSA) is 186 Å². The maximum atomic E-state index is 12.9. The molecule has 3 aromatic rings. The second-order valence-electron chi connectivity index (χ2n) is 7.87. The summed E-state index contributed by atoms with van der Waals surface area (Å²) in [6.45, 7) is -0.239. The van der Waals surface area contributed by atoms with E-state index >= 15 is 0 Å². The van der Waals surface area contributed by atoms with E-state index in [1.807, 2.05) is 0 Å². The van der Waals surface area contributed by atoms with Crippen LogP contribution in [0.3, 0.4) is 0 Å². The Morgan fingerprint density at radius 1 is 0.917 bits per heavy atom. The predicted octanol–water partition coefficient (Wildman–Crippen LogP) is 2.54. The molecule has 36 heavy (non-hydrogen) atoms. The first-order valence-electron chi connectivity index (χ1n) is 10.4. The zero-order chi connectivity index (χ0) is 26.1. The van der Waals surface area contributed by atoms with Crippen molar-refractivity contribution in [3.05, 3.63) is 53.1 Å². The van der Waals surface area contributed by atoms with Gasteiger partial charge in [-0.05, 0) is 24.3 Å². The lowest BCUT2D eigenvalue weighted by atomic mass is 9.93. The lowest BCUT2D eigenvalue weighted by Gasteiger charge is -2.34. The number of rotatable bonds is 5. The molecule has 0 bridgehead atoms. The van der Waals surface area contributed by atoms with Crippen LogP contribution in [-0.2, 0) is 11.2 Å². The summed E-state index contributed by atoms with van der Waals surface area (Å²) in [5.41, 5.74) is 0.0459. The van der Waals surface area contributed by atoms with Crippen LogP contribution in [-0.4, -0.2) is 54.4 Å². The number of phenolic OH excluding ortho intramolecular Hbond substituents is 7. The van der Waals surface area contributed by atoms with Crippen LogP contribution < -0.4 is 9.47 Å². The van der Waals surface area contributed by atoms with Gasteiger partial charge in [-0.3, -0.25) is 0 Å². The van der Waals surface area contributed by atoms with E-state index in [0.29, 0.717) is 0 Å². The highest BCUT2D eigenvalue weighted by atomic mass is 16.6. The van der Waals surface area contributed by atoms with Gasteiger partial charge in [-0.25, -0.2) is 4.79 Å². The van der Waals surface area contributed by atoms with Gasteiger partial charge in [-0.15, -0.1) is 6.42 Å². The van der Waals surface area contributed by atoms with E-state index in [0.717, 1.165) is 30.3 Å². The minimum atomic E-state index is -1.18. The maximum absolute atomic E-state index is 12.9. The minimum absolute atomic E-state index is 0.0576. The molecular weight excluding hydrogens is 476 g/mol. The van der Waals surface area contributed by atoms with Crippen LogP contribution in [0.1, 0.15) is 27.6 Å².